The number of hydrogen-bond acceptors (Lipinski definition) is 5. The predicted molar refractivity (Wildman–Crippen MR) is 69.5 cm³/mol. The van der Waals surface area contributed by atoms with Crippen LogP contribution in [0.4, 0.5) is 5.69 Å². The van der Waals surface area contributed by atoms with Gasteiger partial charge in [-0.25, -0.2) is 0 Å². The first-order chi connectivity index (χ1) is 8.77. The molecule has 0 saturated heterocycles. The molecule has 0 spiro atoms. The smallest absolute Gasteiger partial charge is 0.269 e. The van der Waals surface area contributed by atoms with Gasteiger partial charge in [-0.3, -0.25) is 10.1 Å². The van der Waals surface area contributed by atoms with Gasteiger partial charge in [0, 0.05) is 24.0 Å². The second-order valence-corrected chi connectivity index (χ2v) is 5.26. The number of nitro benzene ring substituents is 1. The number of nitro groups is 1. The standard InChI is InChI=1S/C13H19NO5/c1-13(2,8-15)12(17)7-11(16)9-3-5-10(6-4-9)14(18)19/h3-6,11-12,15-17H,7-8H2,1-2H3. The predicted octanol–water partition coefficient (Wildman–Crippen LogP) is 1.40. The van der Waals surface area contributed by atoms with E-state index in [4.69, 9.17) is 5.11 Å². The molecule has 19 heavy (non-hydrogen) atoms. The number of non-ortho nitro benzene ring substituents is 1. The van der Waals surface area contributed by atoms with Gasteiger partial charge in [0.25, 0.3) is 5.69 Å². The second-order valence-electron chi connectivity index (χ2n) is 5.26. The minimum Gasteiger partial charge on any atom is -0.396 e. The van der Waals surface area contributed by atoms with Crippen molar-refractivity contribution in [1.82, 2.24) is 0 Å². The Bertz CT molecular complexity index is 429. The van der Waals surface area contributed by atoms with Crippen molar-refractivity contribution in [1.29, 1.82) is 0 Å². The van der Waals surface area contributed by atoms with Gasteiger partial charge in [-0.05, 0) is 17.7 Å². The zero-order chi connectivity index (χ0) is 14.6. The average Bonchev–Trinajstić information content (AvgIpc) is 2.38. The van der Waals surface area contributed by atoms with Crippen LogP contribution in [0.15, 0.2) is 24.3 Å². The van der Waals surface area contributed by atoms with E-state index in [0.717, 1.165) is 0 Å². The Kier molecular flexibility index (Phi) is 4.99. The number of nitrogens with zero attached hydrogens (tertiary/aromatic N) is 1. The Morgan fingerprint density at radius 1 is 1.26 bits per heavy atom. The summed E-state index contributed by atoms with van der Waals surface area (Å²) in [6.45, 7) is 3.20. The monoisotopic (exact) mass is 269 g/mol. The Morgan fingerprint density at radius 3 is 2.21 bits per heavy atom. The van der Waals surface area contributed by atoms with Crippen LogP contribution in [0.25, 0.3) is 0 Å². The van der Waals surface area contributed by atoms with Gasteiger partial charge >= 0.3 is 0 Å². The van der Waals surface area contributed by atoms with E-state index in [-0.39, 0.29) is 18.7 Å². The third-order valence-electron chi connectivity index (χ3n) is 3.24. The largest absolute Gasteiger partial charge is 0.396 e. The zero-order valence-corrected chi connectivity index (χ0v) is 11.0. The zero-order valence-electron chi connectivity index (χ0n) is 11.0. The van der Waals surface area contributed by atoms with Crippen LogP contribution in [0.2, 0.25) is 0 Å². The van der Waals surface area contributed by atoms with E-state index in [0.29, 0.717) is 5.56 Å². The molecule has 0 aliphatic carbocycles. The topological polar surface area (TPSA) is 104 Å². The number of hydrogen-bond donors (Lipinski definition) is 3. The van der Waals surface area contributed by atoms with Crippen LogP contribution in [-0.4, -0.2) is 33.0 Å². The van der Waals surface area contributed by atoms with E-state index >= 15 is 0 Å². The summed E-state index contributed by atoms with van der Waals surface area (Å²) in [6, 6.07) is 5.53. The fourth-order valence-electron chi connectivity index (χ4n) is 1.59. The maximum absolute atomic E-state index is 10.5. The molecule has 1 aromatic rings. The van der Waals surface area contributed by atoms with Gasteiger partial charge < -0.3 is 15.3 Å². The Morgan fingerprint density at radius 2 is 1.79 bits per heavy atom. The van der Waals surface area contributed by atoms with Crippen molar-refractivity contribution < 1.29 is 20.2 Å². The first-order valence-corrected chi connectivity index (χ1v) is 5.99. The van der Waals surface area contributed by atoms with Crippen LogP contribution in [0.3, 0.4) is 0 Å². The molecular formula is C13H19NO5. The van der Waals surface area contributed by atoms with Crippen molar-refractivity contribution in [2.24, 2.45) is 5.41 Å². The van der Waals surface area contributed by atoms with Gasteiger partial charge in [0.05, 0.1) is 23.7 Å². The molecule has 106 valence electrons. The average molecular weight is 269 g/mol. The van der Waals surface area contributed by atoms with Crippen LogP contribution in [-0.2, 0) is 0 Å². The second kappa shape index (κ2) is 6.10. The normalized spacial score (nSPS) is 15.0. The van der Waals surface area contributed by atoms with Gasteiger partial charge in [-0.1, -0.05) is 13.8 Å². The van der Waals surface area contributed by atoms with Crippen molar-refractivity contribution >= 4 is 5.69 Å². The molecule has 0 aromatic heterocycles. The first kappa shape index (κ1) is 15.6. The third kappa shape index (κ3) is 3.99. The maximum Gasteiger partial charge on any atom is 0.269 e. The lowest BCUT2D eigenvalue weighted by atomic mass is 9.83. The van der Waals surface area contributed by atoms with E-state index in [1.807, 2.05) is 0 Å². The van der Waals surface area contributed by atoms with Gasteiger partial charge in [0.2, 0.25) is 0 Å². The molecule has 1 aromatic carbocycles. The summed E-state index contributed by atoms with van der Waals surface area (Å²) in [5.74, 6) is 0. The molecule has 6 heteroatoms. The molecule has 2 atom stereocenters. The van der Waals surface area contributed by atoms with E-state index in [1.54, 1.807) is 13.8 Å². The third-order valence-corrected chi connectivity index (χ3v) is 3.24. The van der Waals surface area contributed by atoms with E-state index in [2.05, 4.69) is 0 Å². The fourth-order valence-corrected chi connectivity index (χ4v) is 1.59. The Hall–Kier alpha value is -1.50. The Balaban J connectivity index is 2.73. The van der Waals surface area contributed by atoms with Crippen molar-refractivity contribution in [2.45, 2.75) is 32.5 Å². The first-order valence-electron chi connectivity index (χ1n) is 5.99. The molecular weight excluding hydrogens is 250 g/mol. The van der Waals surface area contributed by atoms with Crippen molar-refractivity contribution in [3.05, 3.63) is 39.9 Å². The van der Waals surface area contributed by atoms with Gasteiger partial charge in [0.15, 0.2) is 0 Å². The van der Waals surface area contributed by atoms with Gasteiger partial charge in [0.1, 0.15) is 0 Å². The summed E-state index contributed by atoms with van der Waals surface area (Å²) in [4.78, 5) is 9.99. The molecule has 0 heterocycles. The van der Waals surface area contributed by atoms with Crippen LogP contribution in [0, 0.1) is 15.5 Å². The molecule has 0 saturated carbocycles. The van der Waals surface area contributed by atoms with Crippen LogP contribution >= 0.6 is 0 Å². The molecule has 0 fully saturated rings. The summed E-state index contributed by atoms with van der Waals surface area (Å²) in [6.07, 6.45) is -1.74. The molecule has 2 unspecified atom stereocenters. The van der Waals surface area contributed by atoms with Crippen LogP contribution < -0.4 is 0 Å². The number of aliphatic hydroxyl groups excluding tert-OH is 3. The molecule has 0 aliphatic heterocycles. The number of rotatable bonds is 6. The quantitative estimate of drug-likeness (QED) is 0.535. The molecule has 0 radical (unpaired) electrons. The van der Waals surface area contributed by atoms with Crippen LogP contribution in [0.1, 0.15) is 31.9 Å². The van der Waals surface area contributed by atoms with E-state index in [1.165, 1.54) is 24.3 Å². The summed E-state index contributed by atoms with van der Waals surface area (Å²) < 4.78 is 0. The molecule has 6 nitrogen and oxygen atoms in total. The molecule has 0 bridgehead atoms. The maximum atomic E-state index is 10.5. The highest BCUT2D eigenvalue weighted by Gasteiger charge is 2.29. The summed E-state index contributed by atoms with van der Waals surface area (Å²) in [5.41, 5.74) is -0.257. The number of benzene rings is 1. The lowest BCUT2D eigenvalue weighted by Gasteiger charge is -2.29. The minimum absolute atomic E-state index is 0.0489. The summed E-state index contributed by atoms with van der Waals surface area (Å²) in [7, 11) is 0. The van der Waals surface area contributed by atoms with Crippen molar-refractivity contribution in [3.63, 3.8) is 0 Å². The fraction of sp³-hybridized carbons (Fsp3) is 0.538. The summed E-state index contributed by atoms with van der Waals surface area (Å²) >= 11 is 0. The molecule has 3 N–H and O–H groups in total. The highest BCUT2D eigenvalue weighted by molar-refractivity contribution is 5.33. The molecule has 0 amide bonds. The van der Waals surface area contributed by atoms with Crippen LogP contribution in [0.5, 0.6) is 0 Å². The highest BCUT2D eigenvalue weighted by atomic mass is 16.6. The van der Waals surface area contributed by atoms with Gasteiger partial charge in [-0.2, -0.15) is 0 Å². The molecule has 0 aliphatic rings. The summed E-state index contributed by atoms with van der Waals surface area (Å²) in [5, 5.41) is 39.5. The lowest BCUT2D eigenvalue weighted by Crippen LogP contribution is -2.34. The minimum atomic E-state index is -0.929. The van der Waals surface area contributed by atoms with E-state index in [9.17, 15) is 20.3 Å². The van der Waals surface area contributed by atoms with E-state index < -0.39 is 22.5 Å². The number of aliphatic hydroxyl groups is 3. The highest BCUT2D eigenvalue weighted by Crippen LogP contribution is 2.28. The Labute approximate surface area is 111 Å². The molecule has 1 rings (SSSR count). The van der Waals surface area contributed by atoms with Crippen molar-refractivity contribution in [2.75, 3.05) is 6.61 Å². The van der Waals surface area contributed by atoms with Gasteiger partial charge in [-0.15, -0.1) is 0 Å². The lowest BCUT2D eigenvalue weighted by molar-refractivity contribution is -0.384. The van der Waals surface area contributed by atoms with Crippen molar-refractivity contribution in [3.8, 4) is 0 Å². The SMILES string of the molecule is CC(C)(CO)C(O)CC(O)c1ccc([N+](=O)[O-])cc1.